The topological polar surface area (TPSA) is 104 Å². The molecule has 6 aromatic carbocycles. The molecule has 0 saturated carbocycles. The number of carbonyl (C=O) groups is 1. The molecule has 0 bridgehead atoms. The van der Waals surface area contributed by atoms with Crippen molar-refractivity contribution in [1.82, 2.24) is 0 Å². The number of nitrogens with zero attached hydrogens (tertiary/aromatic N) is 1. The van der Waals surface area contributed by atoms with Crippen molar-refractivity contribution in [3.63, 3.8) is 0 Å². The Hall–Kier alpha value is -6.15. The van der Waals surface area contributed by atoms with Crippen LogP contribution >= 0.6 is 0 Å². The van der Waals surface area contributed by atoms with Gasteiger partial charge in [0.05, 0.1) is 29.7 Å². The van der Waals surface area contributed by atoms with Gasteiger partial charge in [0, 0.05) is 38.6 Å². The number of aliphatic hydroxyl groups excluding tert-OH is 1. The summed E-state index contributed by atoms with van der Waals surface area (Å²) in [6.45, 7) is 5.18. The largest absolute Gasteiger partial charge is 0.506 e. The Balaban J connectivity index is 1.05. The maximum absolute atomic E-state index is 14.5. The minimum atomic E-state index is -0.386. The van der Waals surface area contributed by atoms with Gasteiger partial charge in [-0.3, -0.25) is 4.79 Å². The molecule has 3 aliphatic rings. The zero-order valence-electron chi connectivity index (χ0n) is 33.2. The Morgan fingerprint density at radius 2 is 1.21 bits per heavy atom. The van der Waals surface area contributed by atoms with Crippen molar-refractivity contribution in [1.29, 1.82) is 0 Å². The van der Waals surface area contributed by atoms with Crippen LogP contribution in [-0.4, -0.2) is 38.1 Å². The van der Waals surface area contributed by atoms with Crippen LogP contribution < -0.4 is 46.7 Å². The first kappa shape index (κ1) is 37.4. The second kappa shape index (κ2) is 16.4. The third kappa shape index (κ3) is 7.06. The number of carbonyl (C=O) groups excluding carboxylic acids is 1. The summed E-state index contributed by atoms with van der Waals surface area (Å²) in [4.78, 5) is 19.7. The van der Waals surface area contributed by atoms with Gasteiger partial charge in [-0.05, 0) is 70.9 Å². The van der Waals surface area contributed by atoms with E-state index in [9.17, 15) is 9.90 Å². The third-order valence-electron chi connectivity index (χ3n) is 11.6. The number of Topliss-reactive ketones (excluding diaryl/α,β-unsaturated/α-hetero) is 1. The Morgan fingerprint density at radius 3 is 1.84 bits per heavy atom. The Kier molecular flexibility index (Phi) is 10.6. The van der Waals surface area contributed by atoms with Crippen molar-refractivity contribution >= 4 is 80.4 Å². The highest BCUT2D eigenvalue weighted by Crippen LogP contribution is 2.45. The molecule has 2 aliphatic heterocycles. The summed E-state index contributed by atoms with van der Waals surface area (Å²) in [5, 5.41) is 28.2. The van der Waals surface area contributed by atoms with Crippen LogP contribution in [0.4, 0.5) is 17.1 Å². The molecule has 0 unspecified atom stereocenters. The zero-order chi connectivity index (χ0) is 39.6. The van der Waals surface area contributed by atoms with E-state index in [0.717, 1.165) is 73.9 Å². The van der Waals surface area contributed by atoms with E-state index in [-0.39, 0.29) is 31.1 Å². The van der Waals surface area contributed by atoms with Crippen molar-refractivity contribution < 1.29 is 19.4 Å². The van der Waals surface area contributed by atoms with Gasteiger partial charge < -0.3 is 35.2 Å². The van der Waals surface area contributed by atoms with Crippen LogP contribution in [0, 0.1) is 0 Å². The molecule has 0 amide bonds. The lowest BCUT2D eigenvalue weighted by Crippen LogP contribution is -2.48. The lowest BCUT2D eigenvalue weighted by atomic mass is 9.65. The van der Waals surface area contributed by atoms with E-state index in [1.54, 1.807) is 0 Å². The van der Waals surface area contributed by atoms with Gasteiger partial charge in [0.1, 0.15) is 17.3 Å². The highest BCUT2D eigenvalue weighted by molar-refractivity contribution is 6.80. The molecule has 290 valence electrons. The fourth-order valence-electron chi connectivity index (χ4n) is 8.49. The van der Waals surface area contributed by atoms with Gasteiger partial charge >= 0.3 is 14.0 Å². The fourth-order valence-corrected chi connectivity index (χ4v) is 8.49. The van der Waals surface area contributed by atoms with Gasteiger partial charge in [0.2, 0.25) is 5.78 Å². The number of hydrogen-bond acceptors (Lipinski definition) is 8. The smallest absolute Gasteiger partial charge is 0.427 e. The number of unbranched alkanes of at least 4 members (excludes halogenated alkanes) is 6. The van der Waals surface area contributed by atoms with Crippen LogP contribution in [0.1, 0.15) is 70.8 Å². The highest BCUT2D eigenvalue weighted by Gasteiger charge is 2.39. The summed E-state index contributed by atoms with van der Waals surface area (Å²) in [6, 6.07) is 36.4. The average molecular weight is 767 g/mol. The second-order valence-electron chi connectivity index (χ2n) is 15.5. The molecule has 0 atom stereocenters. The van der Waals surface area contributed by atoms with Crippen molar-refractivity contribution in [3.8, 4) is 11.5 Å². The summed E-state index contributed by atoms with van der Waals surface area (Å²) >= 11 is 0. The summed E-state index contributed by atoms with van der Waals surface area (Å²) in [5.41, 5.74) is 5.97. The van der Waals surface area contributed by atoms with Crippen LogP contribution in [0.5, 0.6) is 11.5 Å². The van der Waals surface area contributed by atoms with Gasteiger partial charge in [-0.1, -0.05) is 125 Å². The molecule has 0 radical (unpaired) electrons. The molecule has 2 heterocycles. The molecule has 0 fully saturated rings. The molecular formula is C48H48B2N4O4. The van der Waals surface area contributed by atoms with Crippen LogP contribution in [0.25, 0.3) is 32.7 Å². The van der Waals surface area contributed by atoms with Crippen molar-refractivity contribution in [2.24, 2.45) is 4.90 Å². The zero-order valence-corrected chi connectivity index (χ0v) is 33.2. The molecule has 58 heavy (non-hydrogen) atoms. The summed E-state index contributed by atoms with van der Waals surface area (Å²) in [6.07, 6.45) is 9.28. The molecule has 10 heteroatoms. The van der Waals surface area contributed by atoms with Crippen molar-refractivity contribution in [2.45, 2.75) is 65.2 Å². The maximum Gasteiger partial charge on any atom is 0.427 e. The normalized spacial score (nSPS) is 15.1. The number of nitrogens with one attached hydrogen (secondary N) is 3. The van der Waals surface area contributed by atoms with Crippen molar-refractivity contribution in [3.05, 3.63) is 131 Å². The van der Waals surface area contributed by atoms with Gasteiger partial charge in [-0.25, -0.2) is 0 Å². The summed E-state index contributed by atoms with van der Waals surface area (Å²) in [7, 11) is 0. The predicted octanol–water partition coefficient (Wildman–Crippen LogP) is 8.29. The molecular weight excluding hydrogens is 718 g/mol. The Labute approximate surface area is 340 Å². The quantitative estimate of drug-likeness (QED) is 0.0617. The average Bonchev–Trinajstić information content (AvgIpc) is 3.26. The molecule has 0 aromatic heterocycles. The van der Waals surface area contributed by atoms with E-state index in [1.807, 2.05) is 84.9 Å². The van der Waals surface area contributed by atoms with Gasteiger partial charge in [-0.15, -0.1) is 0 Å². The minimum Gasteiger partial charge on any atom is -0.506 e. The second-order valence-corrected chi connectivity index (χ2v) is 15.5. The van der Waals surface area contributed by atoms with Crippen LogP contribution in [0.2, 0.25) is 0 Å². The van der Waals surface area contributed by atoms with E-state index >= 15 is 0 Å². The van der Waals surface area contributed by atoms with Gasteiger partial charge in [0.15, 0.2) is 0 Å². The fraction of sp³-hybridized carbons (Fsp3) is 0.250. The van der Waals surface area contributed by atoms with E-state index in [2.05, 4.69) is 53.8 Å². The van der Waals surface area contributed by atoms with E-state index < -0.39 is 0 Å². The van der Waals surface area contributed by atoms with Crippen LogP contribution in [0.15, 0.2) is 120 Å². The number of rotatable bonds is 15. The highest BCUT2D eigenvalue weighted by atomic mass is 16.5. The predicted molar refractivity (Wildman–Crippen MR) is 240 cm³/mol. The lowest BCUT2D eigenvalue weighted by molar-refractivity contribution is -0.109. The Morgan fingerprint density at radius 1 is 0.603 bits per heavy atom. The molecule has 4 N–H and O–H groups in total. The number of ketones is 1. The number of benzene rings is 6. The number of ether oxygens (including phenoxy) is 2. The van der Waals surface area contributed by atoms with Gasteiger partial charge in [-0.2, -0.15) is 0 Å². The summed E-state index contributed by atoms with van der Waals surface area (Å²) in [5.74, 6) is 1.46. The van der Waals surface area contributed by atoms with Crippen LogP contribution in [0.3, 0.4) is 0 Å². The summed E-state index contributed by atoms with van der Waals surface area (Å²) < 4.78 is 12.0. The lowest BCUT2D eigenvalue weighted by Gasteiger charge is -2.31. The standard InChI is InChI=1S/C48H48B2N4O4/c1-3-5-7-9-29-57-35-23-19-33(20-24-35)49-51-39-15-11-13-31-17-27-37(45(53-49)41(31)39)43-47(55)44(48(43)56)38-28-18-32-14-12-16-40-42(32)46(38)54-50(52-40)34-21-25-36(26-22-34)58-30-10-8-6-4-2/h11-28,51-53,55H,3-10,29-30H2,1-2H3. The number of hydrogen-bond donors (Lipinski definition) is 4. The van der Waals surface area contributed by atoms with E-state index in [1.165, 1.54) is 38.5 Å². The van der Waals surface area contributed by atoms with E-state index in [0.29, 0.717) is 34.9 Å². The molecule has 0 spiro atoms. The first-order chi connectivity index (χ1) is 28.5. The van der Waals surface area contributed by atoms with Crippen molar-refractivity contribution in [2.75, 3.05) is 28.9 Å². The SMILES string of the molecule is CCCCCCOc1ccc(B2N=c3c(=C4C(=O)C(c5ccc6cccc7c6c5NB(c5ccc(OCCCCCC)cc5)N7)=C4O)ccc4cccc(c34)N2)cc1. The minimum absolute atomic E-state index is 0.0193. The van der Waals surface area contributed by atoms with Crippen LogP contribution in [-0.2, 0) is 4.79 Å². The first-order valence-electron chi connectivity index (χ1n) is 21.0. The number of allylic oxidation sites excluding steroid dienone is 2. The van der Waals surface area contributed by atoms with Gasteiger partial charge in [0.25, 0.3) is 0 Å². The Bertz CT molecular complexity index is 2680. The first-order valence-corrected chi connectivity index (χ1v) is 21.0. The maximum atomic E-state index is 14.5. The number of aliphatic hydroxyl groups is 1. The number of anilines is 3. The molecule has 9 rings (SSSR count). The molecule has 0 saturated heterocycles. The van der Waals surface area contributed by atoms with E-state index in [4.69, 9.17) is 14.4 Å². The third-order valence-corrected chi connectivity index (χ3v) is 11.6. The monoisotopic (exact) mass is 766 g/mol. The molecule has 6 aromatic rings. The molecule has 8 nitrogen and oxygen atoms in total. The molecule has 1 aliphatic carbocycles.